The summed E-state index contributed by atoms with van der Waals surface area (Å²) in [4.78, 5) is 15.3. The number of carbonyl (C=O) groups excluding carboxylic acids is 1. The molecule has 32 heavy (non-hydrogen) atoms. The summed E-state index contributed by atoms with van der Waals surface area (Å²) in [6.07, 6.45) is 6.75. The molecule has 0 radical (unpaired) electrons. The number of anilines is 1. The molecular formula is C27H33NO4. The summed E-state index contributed by atoms with van der Waals surface area (Å²) in [7, 11) is 0. The number of carbonyl (C=O) groups is 1. The van der Waals surface area contributed by atoms with Crippen molar-refractivity contribution in [2.45, 2.75) is 63.9 Å². The maximum Gasteiger partial charge on any atom is 0.359 e. The van der Waals surface area contributed by atoms with E-state index in [1.807, 2.05) is 47.4 Å². The lowest BCUT2D eigenvalue weighted by atomic mass is 9.77. The highest BCUT2D eigenvalue weighted by Gasteiger charge is 2.49. The van der Waals surface area contributed by atoms with Crippen LogP contribution >= 0.6 is 0 Å². The standard InChI is InChI=1S/C27H33NO4/c1-2-17-28(22-12-4-3-5-13-22)25-24(30)19-27(32-26(25)31,21-10-6-7-11-21)16-15-20-9-8-14-23(29)18-20/h3-5,8-9,12-14,18,21,29-30H,2,6-7,10-11,15-17,19H2,1H3. The molecule has 1 saturated carbocycles. The molecule has 1 fully saturated rings. The maximum absolute atomic E-state index is 13.4. The Labute approximate surface area is 190 Å². The Morgan fingerprint density at radius 2 is 1.81 bits per heavy atom. The number of hydrogen-bond acceptors (Lipinski definition) is 5. The number of para-hydroxylation sites is 1. The van der Waals surface area contributed by atoms with Crippen LogP contribution in [0.5, 0.6) is 5.75 Å². The highest BCUT2D eigenvalue weighted by Crippen LogP contribution is 2.46. The zero-order chi connectivity index (χ0) is 22.6. The van der Waals surface area contributed by atoms with Gasteiger partial charge in [-0.1, -0.05) is 50.1 Å². The summed E-state index contributed by atoms with van der Waals surface area (Å²) in [6.45, 7) is 2.68. The molecule has 5 nitrogen and oxygen atoms in total. The van der Waals surface area contributed by atoms with E-state index in [0.29, 0.717) is 25.8 Å². The topological polar surface area (TPSA) is 70.0 Å². The zero-order valence-corrected chi connectivity index (χ0v) is 18.8. The minimum Gasteiger partial charge on any atom is -0.510 e. The first-order chi connectivity index (χ1) is 15.5. The molecule has 4 rings (SSSR count). The molecule has 1 heterocycles. The summed E-state index contributed by atoms with van der Waals surface area (Å²) >= 11 is 0. The van der Waals surface area contributed by atoms with Crippen LogP contribution < -0.4 is 4.90 Å². The smallest absolute Gasteiger partial charge is 0.359 e. The number of aliphatic hydroxyl groups is 1. The number of hydrogen-bond donors (Lipinski definition) is 2. The second-order valence-electron chi connectivity index (χ2n) is 9.06. The Morgan fingerprint density at radius 3 is 2.47 bits per heavy atom. The lowest BCUT2D eigenvalue weighted by molar-refractivity contribution is -0.167. The molecule has 1 atom stereocenters. The lowest BCUT2D eigenvalue weighted by Gasteiger charge is -2.43. The Hall–Kier alpha value is -2.95. The number of aromatic hydroxyl groups is 1. The Bertz CT molecular complexity index is 965. The van der Waals surface area contributed by atoms with Crippen molar-refractivity contribution in [1.82, 2.24) is 0 Å². The number of ether oxygens (including phenoxy) is 1. The number of phenols is 1. The summed E-state index contributed by atoms with van der Waals surface area (Å²) in [5.41, 5.74) is 1.44. The third kappa shape index (κ3) is 4.62. The lowest BCUT2D eigenvalue weighted by Crippen LogP contribution is -2.48. The molecule has 0 amide bonds. The molecule has 2 aromatic rings. The second-order valence-corrected chi connectivity index (χ2v) is 9.06. The van der Waals surface area contributed by atoms with Gasteiger partial charge in [0.1, 0.15) is 17.1 Å². The molecule has 1 aliphatic heterocycles. The van der Waals surface area contributed by atoms with Gasteiger partial charge in [-0.2, -0.15) is 0 Å². The highest BCUT2D eigenvalue weighted by atomic mass is 16.6. The number of cyclic esters (lactones) is 1. The van der Waals surface area contributed by atoms with Crippen molar-refractivity contribution in [2.24, 2.45) is 5.92 Å². The van der Waals surface area contributed by atoms with E-state index >= 15 is 0 Å². The predicted molar refractivity (Wildman–Crippen MR) is 126 cm³/mol. The van der Waals surface area contributed by atoms with E-state index in [-0.39, 0.29) is 23.1 Å². The van der Waals surface area contributed by atoms with E-state index in [0.717, 1.165) is 43.4 Å². The van der Waals surface area contributed by atoms with Gasteiger partial charge >= 0.3 is 5.97 Å². The quantitative estimate of drug-likeness (QED) is 0.506. The van der Waals surface area contributed by atoms with E-state index in [1.165, 1.54) is 0 Å². The number of aliphatic hydroxyl groups excluding tert-OH is 1. The first kappa shape index (κ1) is 22.3. The van der Waals surface area contributed by atoms with Crippen LogP contribution in [0.4, 0.5) is 5.69 Å². The maximum atomic E-state index is 13.4. The van der Waals surface area contributed by atoms with Gasteiger partial charge in [0.25, 0.3) is 0 Å². The van der Waals surface area contributed by atoms with Gasteiger partial charge in [0.15, 0.2) is 5.70 Å². The van der Waals surface area contributed by atoms with Crippen molar-refractivity contribution in [3.8, 4) is 5.75 Å². The molecule has 0 bridgehead atoms. The van der Waals surface area contributed by atoms with Gasteiger partial charge in [-0.25, -0.2) is 4.79 Å². The highest BCUT2D eigenvalue weighted by molar-refractivity contribution is 5.94. The fourth-order valence-electron chi connectivity index (χ4n) is 5.31. The number of phenolic OH excluding ortho intramolecular Hbond substituents is 1. The van der Waals surface area contributed by atoms with Crippen molar-refractivity contribution >= 4 is 11.7 Å². The normalized spacial score (nSPS) is 21.6. The van der Waals surface area contributed by atoms with Crippen LogP contribution in [0.1, 0.15) is 57.4 Å². The summed E-state index contributed by atoms with van der Waals surface area (Å²) in [6, 6.07) is 16.9. The van der Waals surface area contributed by atoms with Gasteiger partial charge in [-0.3, -0.25) is 0 Å². The molecular weight excluding hydrogens is 402 g/mol. The fourth-order valence-corrected chi connectivity index (χ4v) is 5.31. The molecule has 1 aliphatic carbocycles. The molecule has 0 saturated heterocycles. The minimum atomic E-state index is -0.707. The average molecular weight is 436 g/mol. The van der Waals surface area contributed by atoms with Crippen LogP contribution in [0.25, 0.3) is 0 Å². The van der Waals surface area contributed by atoms with E-state index in [2.05, 4.69) is 6.92 Å². The van der Waals surface area contributed by atoms with Crippen LogP contribution in [-0.2, 0) is 16.0 Å². The monoisotopic (exact) mass is 435 g/mol. The minimum absolute atomic E-state index is 0.126. The molecule has 5 heteroatoms. The van der Waals surface area contributed by atoms with Gasteiger partial charge < -0.3 is 19.8 Å². The van der Waals surface area contributed by atoms with E-state index in [4.69, 9.17) is 4.74 Å². The van der Waals surface area contributed by atoms with Gasteiger partial charge in [-0.15, -0.1) is 0 Å². The number of nitrogens with zero attached hydrogens (tertiary/aromatic N) is 1. The first-order valence-corrected chi connectivity index (χ1v) is 11.8. The van der Waals surface area contributed by atoms with Crippen LogP contribution in [0.15, 0.2) is 66.1 Å². The Morgan fingerprint density at radius 1 is 1.06 bits per heavy atom. The number of esters is 1. The summed E-state index contributed by atoms with van der Waals surface area (Å²) in [5, 5.41) is 21.1. The molecule has 2 N–H and O–H groups in total. The van der Waals surface area contributed by atoms with E-state index in [1.54, 1.807) is 12.1 Å². The molecule has 1 unspecified atom stereocenters. The Balaban J connectivity index is 1.65. The number of benzene rings is 2. The first-order valence-electron chi connectivity index (χ1n) is 11.8. The average Bonchev–Trinajstić information content (AvgIpc) is 3.33. The van der Waals surface area contributed by atoms with Crippen LogP contribution in [-0.4, -0.2) is 28.3 Å². The van der Waals surface area contributed by atoms with E-state index < -0.39 is 11.6 Å². The van der Waals surface area contributed by atoms with Crippen molar-refractivity contribution in [3.63, 3.8) is 0 Å². The van der Waals surface area contributed by atoms with Crippen molar-refractivity contribution in [1.29, 1.82) is 0 Å². The summed E-state index contributed by atoms with van der Waals surface area (Å²) < 4.78 is 6.28. The van der Waals surface area contributed by atoms with Crippen LogP contribution in [0, 0.1) is 5.92 Å². The largest absolute Gasteiger partial charge is 0.510 e. The van der Waals surface area contributed by atoms with Gasteiger partial charge in [0.05, 0.1) is 0 Å². The zero-order valence-electron chi connectivity index (χ0n) is 18.8. The SMILES string of the molecule is CCCN(C1=C(O)CC(CCc2cccc(O)c2)(C2CCCC2)OC1=O)c1ccccc1. The molecule has 2 aliphatic rings. The molecule has 170 valence electrons. The van der Waals surface area contributed by atoms with E-state index in [9.17, 15) is 15.0 Å². The van der Waals surface area contributed by atoms with Crippen LogP contribution in [0.2, 0.25) is 0 Å². The van der Waals surface area contributed by atoms with Crippen molar-refractivity contribution < 1.29 is 19.7 Å². The van der Waals surface area contributed by atoms with Crippen molar-refractivity contribution in [2.75, 3.05) is 11.4 Å². The predicted octanol–water partition coefficient (Wildman–Crippen LogP) is 5.89. The number of rotatable bonds is 8. The fraction of sp³-hybridized carbons (Fsp3) is 0.444. The summed E-state index contributed by atoms with van der Waals surface area (Å²) in [5.74, 6) is 0.167. The van der Waals surface area contributed by atoms with Gasteiger partial charge in [0.2, 0.25) is 0 Å². The molecule has 0 spiro atoms. The van der Waals surface area contributed by atoms with Crippen molar-refractivity contribution in [3.05, 3.63) is 71.6 Å². The van der Waals surface area contributed by atoms with Gasteiger partial charge in [0, 0.05) is 18.7 Å². The molecule has 2 aromatic carbocycles. The van der Waals surface area contributed by atoms with Crippen LogP contribution in [0.3, 0.4) is 0 Å². The van der Waals surface area contributed by atoms with Gasteiger partial charge in [-0.05, 0) is 67.9 Å². The second kappa shape index (κ2) is 9.68. The third-order valence-electron chi connectivity index (χ3n) is 6.86. The Kier molecular flexibility index (Phi) is 6.73. The third-order valence-corrected chi connectivity index (χ3v) is 6.86. The number of aryl methyl sites for hydroxylation is 1. The molecule has 0 aromatic heterocycles.